The van der Waals surface area contributed by atoms with Gasteiger partial charge in [0, 0.05) is 6.04 Å². The number of amides is 1. The predicted molar refractivity (Wildman–Crippen MR) is 123 cm³/mol. The van der Waals surface area contributed by atoms with Gasteiger partial charge in [0.25, 0.3) is 5.56 Å². The van der Waals surface area contributed by atoms with Crippen LogP contribution in [0, 0.1) is 0 Å². The van der Waals surface area contributed by atoms with Crippen molar-refractivity contribution >= 4 is 17.0 Å². The zero-order valence-electron chi connectivity index (χ0n) is 18.3. The van der Waals surface area contributed by atoms with Gasteiger partial charge in [-0.3, -0.25) is 9.36 Å². The molecule has 1 saturated heterocycles. The molecule has 2 atom stereocenters. The highest BCUT2D eigenvalue weighted by atomic mass is 16.5. The maximum absolute atomic E-state index is 13.7. The molecule has 168 valence electrons. The van der Waals surface area contributed by atoms with Crippen molar-refractivity contribution < 1.29 is 14.6 Å². The summed E-state index contributed by atoms with van der Waals surface area (Å²) in [6, 6.07) is 14.3. The Morgan fingerprint density at radius 1 is 1.25 bits per heavy atom. The molecule has 1 fully saturated rings. The van der Waals surface area contributed by atoms with Gasteiger partial charge >= 0.3 is 6.09 Å². The summed E-state index contributed by atoms with van der Waals surface area (Å²) in [5.74, 6) is 0.816. The van der Waals surface area contributed by atoms with E-state index in [-0.39, 0.29) is 5.56 Å². The Morgan fingerprint density at radius 2 is 2.03 bits per heavy atom. The summed E-state index contributed by atoms with van der Waals surface area (Å²) in [6.45, 7) is 3.28. The number of nitrogens with one attached hydrogen (secondary N) is 1. The Labute approximate surface area is 186 Å². The molecule has 32 heavy (non-hydrogen) atoms. The fourth-order valence-corrected chi connectivity index (χ4v) is 4.35. The molecule has 8 nitrogen and oxygen atoms in total. The van der Waals surface area contributed by atoms with Crippen LogP contribution in [0.25, 0.3) is 16.6 Å². The average molecular weight is 437 g/mol. The smallest absolute Gasteiger partial charge is 0.405 e. The second kappa shape index (κ2) is 9.40. The average Bonchev–Trinajstić information content (AvgIpc) is 3.18. The summed E-state index contributed by atoms with van der Waals surface area (Å²) in [4.78, 5) is 31.9. The Hall–Kier alpha value is -3.39. The van der Waals surface area contributed by atoms with E-state index in [4.69, 9.17) is 4.74 Å². The molecule has 1 aliphatic heterocycles. The molecule has 1 unspecified atom stereocenters. The molecule has 0 bridgehead atoms. The van der Waals surface area contributed by atoms with Gasteiger partial charge in [-0.1, -0.05) is 24.3 Å². The minimum absolute atomic E-state index is 0.288. The van der Waals surface area contributed by atoms with E-state index in [1.807, 2.05) is 18.2 Å². The van der Waals surface area contributed by atoms with Crippen LogP contribution in [-0.2, 0) is 0 Å². The molecule has 1 aromatic heterocycles. The van der Waals surface area contributed by atoms with Crippen LogP contribution in [0.2, 0.25) is 0 Å². The van der Waals surface area contributed by atoms with E-state index >= 15 is 0 Å². The number of hydrogen-bond donors (Lipinski definition) is 2. The van der Waals surface area contributed by atoms with E-state index in [9.17, 15) is 14.7 Å². The lowest BCUT2D eigenvalue weighted by atomic mass is 10.1. The molecule has 2 aromatic carbocycles. The molecule has 1 aliphatic rings. The molecule has 4 rings (SSSR count). The van der Waals surface area contributed by atoms with Crippen molar-refractivity contribution in [1.29, 1.82) is 0 Å². The molecule has 1 amide bonds. The van der Waals surface area contributed by atoms with Crippen molar-refractivity contribution in [2.45, 2.75) is 38.3 Å². The minimum atomic E-state index is -1.18. The quantitative estimate of drug-likeness (QED) is 0.588. The van der Waals surface area contributed by atoms with Crippen molar-refractivity contribution in [3.8, 4) is 11.4 Å². The minimum Gasteiger partial charge on any atom is -0.493 e. The molecular weight excluding hydrogens is 408 g/mol. The number of ether oxygens (including phenoxy) is 1. The Morgan fingerprint density at radius 3 is 2.72 bits per heavy atom. The standard InChI is InChI=1S/C24H28N4O4/c1-16(25-24(30)31)22-26-19-11-6-12-20(32-15-13-17-10-7-14-27(17)2)21(19)23(29)28(22)18-8-4-3-5-9-18/h3-6,8-9,11-12,16-17,25H,7,10,13-15H2,1-2H3,(H,30,31)/t16-,17?/m0/s1. The molecule has 0 aliphatic carbocycles. The summed E-state index contributed by atoms with van der Waals surface area (Å²) in [7, 11) is 2.13. The molecule has 2 N–H and O–H groups in total. The summed E-state index contributed by atoms with van der Waals surface area (Å²) in [6.07, 6.45) is 2.08. The predicted octanol–water partition coefficient (Wildman–Crippen LogP) is 3.58. The summed E-state index contributed by atoms with van der Waals surface area (Å²) < 4.78 is 7.54. The van der Waals surface area contributed by atoms with E-state index < -0.39 is 12.1 Å². The molecular formula is C24H28N4O4. The molecule has 0 radical (unpaired) electrons. The zero-order chi connectivity index (χ0) is 22.7. The maximum Gasteiger partial charge on any atom is 0.405 e. The maximum atomic E-state index is 13.7. The first-order valence-electron chi connectivity index (χ1n) is 10.9. The SMILES string of the molecule is C[C@H](NC(=O)O)c1nc2cccc(OCCC3CCCN3C)c2c(=O)n1-c1ccccc1. The number of carboxylic acid groups (broad SMARTS) is 1. The summed E-state index contributed by atoms with van der Waals surface area (Å²) in [5, 5.41) is 12.0. The summed E-state index contributed by atoms with van der Waals surface area (Å²) in [5.41, 5.74) is 0.804. The van der Waals surface area contributed by atoms with Gasteiger partial charge in [-0.15, -0.1) is 0 Å². The molecule has 8 heteroatoms. The van der Waals surface area contributed by atoms with Crippen molar-refractivity contribution in [3.05, 3.63) is 64.7 Å². The van der Waals surface area contributed by atoms with E-state index in [2.05, 4.69) is 22.2 Å². The second-order valence-corrected chi connectivity index (χ2v) is 8.18. The third kappa shape index (κ3) is 4.45. The lowest BCUT2D eigenvalue weighted by molar-refractivity contribution is 0.190. The number of rotatable bonds is 7. The fourth-order valence-electron chi connectivity index (χ4n) is 4.35. The third-order valence-electron chi connectivity index (χ3n) is 6.01. The topological polar surface area (TPSA) is 96.7 Å². The molecule has 0 saturated carbocycles. The summed E-state index contributed by atoms with van der Waals surface area (Å²) >= 11 is 0. The van der Waals surface area contributed by atoms with Crippen molar-refractivity contribution in [1.82, 2.24) is 19.8 Å². The lowest BCUT2D eigenvalue weighted by Gasteiger charge is -2.21. The van der Waals surface area contributed by atoms with Gasteiger partial charge in [-0.2, -0.15) is 0 Å². The van der Waals surface area contributed by atoms with Gasteiger partial charge in [0.05, 0.1) is 23.9 Å². The first-order chi connectivity index (χ1) is 15.5. The van der Waals surface area contributed by atoms with Crippen LogP contribution < -0.4 is 15.6 Å². The first kappa shape index (κ1) is 21.8. The van der Waals surface area contributed by atoms with Crippen LogP contribution in [0.5, 0.6) is 5.75 Å². The Bertz CT molecular complexity index is 1160. The number of hydrogen-bond acceptors (Lipinski definition) is 5. The van der Waals surface area contributed by atoms with Crippen molar-refractivity contribution in [2.75, 3.05) is 20.2 Å². The number of fused-ring (bicyclic) bond motifs is 1. The number of carbonyl (C=O) groups is 1. The molecule has 2 heterocycles. The Balaban J connectivity index is 1.76. The van der Waals surface area contributed by atoms with E-state index in [0.717, 1.165) is 19.4 Å². The van der Waals surface area contributed by atoms with Crippen molar-refractivity contribution in [2.24, 2.45) is 0 Å². The zero-order valence-corrected chi connectivity index (χ0v) is 18.3. The lowest BCUT2D eigenvalue weighted by Crippen LogP contribution is -2.32. The van der Waals surface area contributed by atoms with Gasteiger partial charge in [0.1, 0.15) is 17.0 Å². The van der Waals surface area contributed by atoms with Crippen LogP contribution in [0.15, 0.2) is 53.3 Å². The second-order valence-electron chi connectivity index (χ2n) is 8.18. The van der Waals surface area contributed by atoms with Gasteiger partial charge in [0.2, 0.25) is 0 Å². The number of benzene rings is 2. The van der Waals surface area contributed by atoms with Crippen molar-refractivity contribution in [3.63, 3.8) is 0 Å². The van der Waals surface area contributed by atoms with Crippen LogP contribution in [0.4, 0.5) is 4.79 Å². The number of likely N-dealkylation sites (tertiary alicyclic amines) is 1. The normalized spacial score (nSPS) is 17.4. The monoisotopic (exact) mass is 436 g/mol. The van der Waals surface area contributed by atoms with Crippen LogP contribution in [0.3, 0.4) is 0 Å². The van der Waals surface area contributed by atoms with E-state index in [1.165, 1.54) is 11.0 Å². The highest BCUT2D eigenvalue weighted by Crippen LogP contribution is 2.25. The van der Waals surface area contributed by atoms with Gasteiger partial charge in [-0.25, -0.2) is 9.78 Å². The fraction of sp³-hybridized carbons (Fsp3) is 0.375. The number of aromatic nitrogens is 2. The van der Waals surface area contributed by atoms with Gasteiger partial charge in [0.15, 0.2) is 0 Å². The van der Waals surface area contributed by atoms with E-state index in [1.54, 1.807) is 37.3 Å². The Kier molecular flexibility index (Phi) is 6.41. The first-order valence-corrected chi connectivity index (χ1v) is 10.9. The molecule has 0 spiro atoms. The number of nitrogens with zero attached hydrogens (tertiary/aromatic N) is 3. The highest BCUT2D eigenvalue weighted by Gasteiger charge is 2.23. The third-order valence-corrected chi connectivity index (χ3v) is 6.01. The number of para-hydroxylation sites is 1. The van der Waals surface area contributed by atoms with Crippen LogP contribution in [-0.4, -0.2) is 51.9 Å². The molecule has 3 aromatic rings. The van der Waals surface area contributed by atoms with Gasteiger partial charge < -0.3 is 20.1 Å². The van der Waals surface area contributed by atoms with Gasteiger partial charge in [-0.05, 0) is 64.0 Å². The van der Waals surface area contributed by atoms with E-state index in [0.29, 0.717) is 40.8 Å². The largest absolute Gasteiger partial charge is 0.493 e. The highest BCUT2D eigenvalue weighted by molar-refractivity contribution is 5.84. The van der Waals surface area contributed by atoms with Crippen LogP contribution in [0.1, 0.15) is 38.1 Å². The van der Waals surface area contributed by atoms with Crippen LogP contribution >= 0.6 is 0 Å².